The number of carbonyl (C=O) groups is 3. The molecule has 0 aliphatic carbocycles. The van der Waals surface area contributed by atoms with Gasteiger partial charge in [0.25, 0.3) is 0 Å². The zero-order valence-electron chi connectivity index (χ0n) is 23.3. The van der Waals surface area contributed by atoms with Gasteiger partial charge in [-0.25, -0.2) is 4.79 Å². The van der Waals surface area contributed by atoms with E-state index in [1.165, 1.54) is 4.90 Å². The fourth-order valence-corrected chi connectivity index (χ4v) is 3.72. The Morgan fingerprint density at radius 3 is 2.09 bits per heavy atom. The lowest BCUT2D eigenvalue weighted by Crippen LogP contribution is -2.58. The molecule has 1 aromatic carbocycles. The molecule has 0 fully saturated rings. The van der Waals surface area contributed by atoms with Crippen molar-refractivity contribution < 1.29 is 24.2 Å². The van der Waals surface area contributed by atoms with E-state index in [0.29, 0.717) is 17.5 Å². The number of alkyl carbamates (subject to hydrolysis) is 1. The summed E-state index contributed by atoms with van der Waals surface area (Å²) in [4.78, 5) is 41.7. The number of aromatic hydroxyl groups is 1. The van der Waals surface area contributed by atoms with Crippen LogP contribution in [0.3, 0.4) is 0 Å². The lowest BCUT2D eigenvalue weighted by molar-refractivity contribution is -0.146. The van der Waals surface area contributed by atoms with Crippen molar-refractivity contribution in [3.8, 4) is 5.75 Å². The zero-order valence-corrected chi connectivity index (χ0v) is 23.3. The van der Waals surface area contributed by atoms with Gasteiger partial charge in [-0.3, -0.25) is 9.59 Å². The molecule has 0 aliphatic rings. The van der Waals surface area contributed by atoms with E-state index in [1.54, 1.807) is 45.9 Å². The van der Waals surface area contributed by atoms with Crippen LogP contribution >= 0.6 is 0 Å². The molecule has 1 rings (SSSR count). The van der Waals surface area contributed by atoms with Gasteiger partial charge in [-0.05, 0) is 73.8 Å². The Kier molecular flexibility index (Phi) is 10.2. The second-order valence-corrected chi connectivity index (χ2v) is 11.5. The Morgan fingerprint density at radius 2 is 1.63 bits per heavy atom. The number of amides is 3. The summed E-state index contributed by atoms with van der Waals surface area (Å²) in [7, 11) is 0. The second-order valence-electron chi connectivity index (χ2n) is 11.5. The predicted molar refractivity (Wildman–Crippen MR) is 138 cm³/mol. The first-order valence-electron chi connectivity index (χ1n) is 12.3. The minimum atomic E-state index is -1.10. The van der Waals surface area contributed by atoms with Crippen LogP contribution in [0.2, 0.25) is 0 Å². The third-order valence-electron chi connectivity index (χ3n) is 5.55. The van der Waals surface area contributed by atoms with E-state index in [-0.39, 0.29) is 11.7 Å². The van der Waals surface area contributed by atoms with Gasteiger partial charge in [-0.15, -0.1) is 0 Å². The SMILES string of the molecule is CCC(C)C(NC(=O)OC(C)(C)C)C(=O)N(C(C)C)C(C(=O)NC(C)(C)C)c1cccc(C)c1O. The van der Waals surface area contributed by atoms with Crippen LogP contribution in [0.5, 0.6) is 5.75 Å². The number of nitrogens with zero attached hydrogens (tertiary/aromatic N) is 1. The average molecular weight is 492 g/mol. The van der Waals surface area contributed by atoms with Gasteiger partial charge in [0, 0.05) is 17.1 Å². The minimum absolute atomic E-state index is 0.0415. The summed E-state index contributed by atoms with van der Waals surface area (Å²) in [6.45, 7) is 20.0. The monoisotopic (exact) mass is 491 g/mol. The van der Waals surface area contributed by atoms with E-state index in [9.17, 15) is 19.5 Å². The first kappa shape index (κ1) is 30.3. The van der Waals surface area contributed by atoms with Gasteiger partial charge in [0.1, 0.15) is 23.4 Å². The summed E-state index contributed by atoms with van der Waals surface area (Å²) >= 11 is 0. The number of carbonyl (C=O) groups excluding carboxylic acids is 3. The van der Waals surface area contributed by atoms with Crippen LogP contribution in [0, 0.1) is 12.8 Å². The Hall–Kier alpha value is -2.77. The molecule has 0 radical (unpaired) electrons. The number of phenols is 1. The van der Waals surface area contributed by atoms with Gasteiger partial charge in [-0.1, -0.05) is 38.5 Å². The standard InChI is InChI=1S/C27H45N3O5/c1-12-17(4)20(28-25(34)35-27(9,10)11)24(33)30(16(2)3)21(23(32)29-26(6,7)8)19-15-13-14-18(5)22(19)31/h13-17,20-21,31H,12H2,1-11H3,(H,28,34)(H,29,32). The van der Waals surface area contributed by atoms with Crippen molar-refractivity contribution in [3.63, 3.8) is 0 Å². The lowest BCUT2D eigenvalue weighted by atomic mass is 9.93. The molecule has 3 N–H and O–H groups in total. The summed E-state index contributed by atoms with van der Waals surface area (Å²) in [6.07, 6.45) is -0.0823. The minimum Gasteiger partial charge on any atom is -0.507 e. The summed E-state index contributed by atoms with van der Waals surface area (Å²) in [5.74, 6) is -1.11. The Balaban J connectivity index is 3.62. The fraction of sp³-hybridized carbons (Fsp3) is 0.667. The highest BCUT2D eigenvalue weighted by molar-refractivity contribution is 5.93. The number of rotatable bonds is 8. The molecular formula is C27H45N3O5. The van der Waals surface area contributed by atoms with E-state index < -0.39 is 47.2 Å². The molecule has 0 saturated heterocycles. The number of hydrogen-bond donors (Lipinski definition) is 3. The molecule has 0 heterocycles. The quantitative estimate of drug-likeness (QED) is 0.483. The molecule has 3 amide bonds. The Bertz CT molecular complexity index is 899. The molecule has 0 saturated carbocycles. The maximum atomic E-state index is 14.1. The molecule has 35 heavy (non-hydrogen) atoms. The number of benzene rings is 1. The lowest BCUT2D eigenvalue weighted by Gasteiger charge is -2.39. The molecule has 0 bridgehead atoms. The number of phenolic OH excluding ortho intramolecular Hbond substituents is 1. The van der Waals surface area contributed by atoms with E-state index >= 15 is 0 Å². The van der Waals surface area contributed by atoms with Gasteiger partial charge in [-0.2, -0.15) is 0 Å². The third kappa shape index (κ3) is 8.75. The Morgan fingerprint density at radius 1 is 1.06 bits per heavy atom. The molecular weight excluding hydrogens is 446 g/mol. The summed E-state index contributed by atoms with van der Waals surface area (Å²) in [6, 6.07) is 2.70. The van der Waals surface area contributed by atoms with Crippen molar-refractivity contribution in [1.82, 2.24) is 15.5 Å². The van der Waals surface area contributed by atoms with Crippen molar-refractivity contribution >= 4 is 17.9 Å². The summed E-state index contributed by atoms with van der Waals surface area (Å²) in [5, 5.41) is 16.6. The smallest absolute Gasteiger partial charge is 0.408 e. The normalized spacial score (nSPS) is 14.6. The van der Waals surface area contributed by atoms with Crippen LogP contribution in [0.4, 0.5) is 4.79 Å². The molecule has 0 spiro atoms. The molecule has 1 aromatic rings. The largest absolute Gasteiger partial charge is 0.507 e. The maximum absolute atomic E-state index is 14.1. The van der Waals surface area contributed by atoms with Gasteiger partial charge in [0.05, 0.1) is 0 Å². The first-order chi connectivity index (χ1) is 15.9. The van der Waals surface area contributed by atoms with Crippen LogP contribution < -0.4 is 10.6 Å². The van der Waals surface area contributed by atoms with Crippen molar-refractivity contribution in [1.29, 1.82) is 0 Å². The number of ether oxygens (including phenoxy) is 1. The number of para-hydroxylation sites is 1. The van der Waals surface area contributed by atoms with Crippen LogP contribution in [-0.2, 0) is 14.3 Å². The van der Waals surface area contributed by atoms with Crippen molar-refractivity contribution in [2.75, 3.05) is 0 Å². The number of nitrogens with one attached hydrogen (secondary N) is 2. The van der Waals surface area contributed by atoms with Gasteiger partial charge < -0.3 is 25.4 Å². The highest BCUT2D eigenvalue weighted by atomic mass is 16.6. The molecule has 3 atom stereocenters. The number of hydrogen-bond acceptors (Lipinski definition) is 5. The average Bonchev–Trinajstić information content (AvgIpc) is 2.68. The van der Waals surface area contributed by atoms with Gasteiger partial charge in [0.15, 0.2) is 0 Å². The molecule has 8 heteroatoms. The van der Waals surface area contributed by atoms with Gasteiger partial charge in [0.2, 0.25) is 11.8 Å². The van der Waals surface area contributed by atoms with Crippen LogP contribution in [0.15, 0.2) is 18.2 Å². The predicted octanol–water partition coefficient (Wildman–Crippen LogP) is 4.83. The molecule has 0 aromatic heterocycles. The zero-order chi connectivity index (χ0) is 27.3. The highest BCUT2D eigenvalue weighted by Gasteiger charge is 2.41. The van der Waals surface area contributed by atoms with Gasteiger partial charge >= 0.3 is 6.09 Å². The van der Waals surface area contributed by atoms with Crippen LogP contribution in [0.25, 0.3) is 0 Å². The molecule has 0 aliphatic heterocycles. The van der Waals surface area contributed by atoms with Crippen molar-refractivity contribution in [2.24, 2.45) is 5.92 Å². The molecule has 3 unspecified atom stereocenters. The van der Waals surface area contributed by atoms with Crippen molar-refractivity contribution in [2.45, 2.75) is 112 Å². The van der Waals surface area contributed by atoms with E-state index in [1.807, 2.05) is 48.5 Å². The van der Waals surface area contributed by atoms with E-state index in [4.69, 9.17) is 4.74 Å². The molecule has 198 valence electrons. The second kappa shape index (κ2) is 11.8. The fourth-order valence-electron chi connectivity index (χ4n) is 3.72. The Labute approximate surface area is 210 Å². The topological polar surface area (TPSA) is 108 Å². The van der Waals surface area contributed by atoms with E-state index in [2.05, 4.69) is 10.6 Å². The first-order valence-corrected chi connectivity index (χ1v) is 12.3. The summed E-state index contributed by atoms with van der Waals surface area (Å²) in [5.41, 5.74) is -0.370. The highest BCUT2D eigenvalue weighted by Crippen LogP contribution is 2.34. The van der Waals surface area contributed by atoms with Crippen molar-refractivity contribution in [3.05, 3.63) is 29.3 Å². The third-order valence-corrected chi connectivity index (χ3v) is 5.55. The maximum Gasteiger partial charge on any atom is 0.408 e. The van der Waals surface area contributed by atoms with Crippen LogP contribution in [-0.4, -0.2) is 51.1 Å². The van der Waals surface area contributed by atoms with Crippen LogP contribution in [0.1, 0.15) is 92.8 Å². The molecule has 8 nitrogen and oxygen atoms in total. The van der Waals surface area contributed by atoms with E-state index in [0.717, 1.165) is 0 Å². The summed E-state index contributed by atoms with van der Waals surface area (Å²) < 4.78 is 5.41. The number of aryl methyl sites for hydroxylation is 1.